The van der Waals surface area contributed by atoms with Crippen LogP contribution in [0.15, 0.2) is 0 Å². The quantitative estimate of drug-likeness (QED) is 0.781. The minimum absolute atomic E-state index is 0.152. The van der Waals surface area contributed by atoms with E-state index < -0.39 is 17.1 Å². The summed E-state index contributed by atoms with van der Waals surface area (Å²) in [5, 5.41) is 0. The van der Waals surface area contributed by atoms with Crippen molar-refractivity contribution in [3.05, 3.63) is 0 Å². The molecule has 2 fully saturated rings. The van der Waals surface area contributed by atoms with Gasteiger partial charge in [0.25, 0.3) is 5.92 Å². The molecule has 88 valence electrons. The van der Waals surface area contributed by atoms with Gasteiger partial charge in [-0.1, -0.05) is 0 Å². The Morgan fingerprint density at radius 2 is 2.07 bits per heavy atom. The van der Waals surface area contributed by atoms with Gasteiger partial charge in [0.2, 0.25) is 0 Å². The lowest BCUT2D eigenvalue weighted by molar-refractivity contribution is -0.153. The second kappa shape index (κ2) is 3.37. The van der Waals surface area contributed by atoms with E-state index in [0.717, 1.165) is 12.8 Å². The highest BCUT2D eigenvalue weighted by atomic mass is 19.3. The molecular weight excluding hydrogens is 204 g/mol. The second-order valence-electron chi connectivity index (χ2n) is 4.59. The third kappa shape index (κ3) is 1.48. The van der Waals surface area contributed by atoms with Crippen LogP contribution in [0.4, 0.5) is 8.78 Å². The number of hydrogen-bond acceptors (Lipinski definition) is 3. The molecule has 1 aliphatic carbocycles. The van der Waals surface area contributed by atoms with E-state index >= 15 is 0 Å². The molecule has 2 rings (SSSR count). The van der Waals surface area contributed by atoms with Crippen LogP contribution in [0.25, 0.3) is 0 Å². The number of hydrogen-bond donors (Lipinski definition) is 1. The van der Waals surface area contributed by atoms with E-state index in [2.05, 4.69) is 0 Å². The van der Waals surface area contributed by atoms with Gasteiger partial charge in [-0.05, 0) is 19.3 Å². The smallest absolute Gasteiger partial charge is 0.270 e. The molecule has 1 saturated heterocycles. The second-order valence-corrected chi connectivity index (χ2v) is 4.59. The van der Waals surface area contributed by atoms with E-state index in [-0.39, 0.29) is 13.0 Å². The minimum Gasteiger partial charge on any atom is -0.382 e. The lowest BCUT2D eigenvalue weighted by Crippen LogP contribution is -2.60. The molecule has 2 N–H and O–H groups in total. The highest BCUT2D eigenvalue weighted by Crippen LogP contribution is 2.59. The average molecular weight is 221 g/mol. The number of alkyl halides is 2. The maximum Gasteiger partial charge on any atom is 0.270 e. The van der Waals surface area contributed by atoms with E-state index in [0.29, 0.717) is 13.0 Å². The van der Waals surface area contributed by atoms with Gasteiger partial charge >= 0.3 is 0 Å². The summed E-state index contributed by atoms with van der Waals surface area (Å²) in [5.41, 5.74) is 3.27. The summed E-state index contributed by atoms with van der Waals surface area (Å²) in [6.45, 7) is 0.650. The summed E-state index contributed by atoms with van der Waals surface area (Å²) < 4.78 is 37.1. The molecule has 5 heteroatoms. The molecule has 0 amide bonds. The van der Waals surface area contributed by atoms with Crippen LogP contribution < -0.4 is 5.73 Å². The monoisotopic (exact) mass is 221 g/mol. The van der Waals surface area contributed by atoms with Gasteiger partial charge in [0, 0.05) is 20.1 Å². The van der Waals surface area contributed by atoms with Crippen molar-refractivity contribution in [3.63, 3.8) is 0 Å². The van der Waals surface area contributed by atoms with Crippen molar-refractivity contribution in [2.24, 2.45) is 5.73 Å². The minimum atomic E-state index is -2.80. The molecule has 2 atom stereocenters. The Morgan fingerprint density at radius 1 is 1.40 bits per heavy atom. The van der Waals surface area contributed by atoms with Gasteiger partial charge in [0.1, 0.15) is 11.1 Å². The van der Waals surface area contributed by atoms with Crippen LogP contribution in [-0.4, -0.2) is 37.4 Å². The molecule has 3 nitrogen and oxygen atoms in total. The summed E-state index contributed by atoms with van der Waals surface area (Å²) in [7, 11) is 1.49. The maximum absolute atomic E-state index is 13.3. The van der Waals surface area contributed by atoms with Crippen LogP contribution in [-0.2, 0) is 9.47 Å². The standard InChI is InChI=1S/C10H17F2NO2/c1-14-7-8(4-2-3-5-15-8)9(13)6-10(9,11)12/h2-7,13H2,1H3. The first-order chi connectivity index (χ1) is 6.97. The zero-order chi connectivity index (χ0) is 11.2. The number of methoxy groups -OCH3 is 1. The van der Waals surface area contributed by atoms with Crippen molar-refractivity contribution in [1.29, 1.82) is 0 Å². The van der Waals surface area contributed by atoms with E-state index in [1.165, 1.54) is 7.11 Å². The lowest BCUT2D eigenvalue weighted by atomic mass is 9.85. The zero-order valence-corrected chi connectivity index (χ0v) is 8.89. The number of ether oxygens (including phenoxy) is 2. The molecule has 0 aromatic rings. The average Bonchev–Trinajstić information content (AvgIpc) is 2.70. The van der Waals surface area contributed by atoms with E-state index in [4.69, 9.17) is 15.2 Å². The first-order valence-electron chi connectivity index (χ1n) is 5.27. The van der Waals surface area contributed by atoms with Crippen molar-refractivity contribution >= 4 is 0 Å². The lowest BCUT2D eigenvalue weighted by Gasteiger charge is -2.41. The van der Waals surface area contributed by atoms with Crippen molar-refractivity contribution in [2.45, 2.75) is 42.7 Å². The molecule has 0 aromatic heterocycles. The predicted molar refractivity (Wildman–Crippen MR) is 50.9 cm³/mol. The topological polar surface area (TPSA) is 44.5 Å². The fourth-order valence-electron chi connectivity index (χ4n) is 2.48. The van der Waals surface area contributed by atoms with Crippen molar-refractivity contribution in [3.8, 4) is 0 Å². The van der Waals surface area contributed by atoms with Crippen LogP contribution >= 0.6 is 0 Å². The summed E-state index contributed by atoms with van der Waals surface area (Å²) in [6, 6.07) is 0. The molecule has 15 heavy (non-hydrogen) atoms. The molecule has 2 aliphatic rings. The van der Waals surface area contributed by atoms with Crippen LogP contribution in [0, 0.1) is 0 Å². The van der Waals surface area contributed by atoms with Gasteiger partial charge in [0.15, 0.2) is 0 Å². The summed E-state index contributed by atoms with van der Waals surface area (Å²) in [5.74, 6) is -2.80. The van der Waals surface area contributed by atoms with Crippen LogP contribution in [0.3, 0.4) is 0 Å². The number of nitrogens with two attached hydrogens (primary N) is 1. The Kier molecular flexibility index (Phi) is 2.52. The molecule has 1 aliphatic heterocycles. The molecule has 0 radical (unpaired) electrons. The third-order valence-corrected chi connectivity index (χ3v) is 3.57. The van der Waals surface area contributed by atoms with Gasteiger partial charge < -0.3 is 15.2 Å². The third-order valence-electron chi connectivity index (χ3n) is 3.57. The van der Waals surface area contributed by atoms with Gasteiger partial charge in [-0.15, -0.1) is 0 Å². The summed E-state index contributed by atoms with van der Waals surface area (Å²) in [4.78, 5) is 0. The Balaban J connectivity index is 2.19. The summed E-state index contributed by atoms with van der Waals surface area (Å²) >= 11 is 0. The molecule has 1 saturated carbocycles. The first-order valence-corrected chi connectivity index (χ1v) is 5.27. The zero-order valence-electron chi connectivity index (χ0n) is 8.89. The fourth-order valence-corrected chi connectivity index (χ4v) is 2.48. The Bertz CT molecular complexity index is 248. The first kappa shape index (κ1) is 11.2. The molecule has 0 aromatic carbocycles. The van der Waals surface area contributed by atoms with Crippen molar-refractivity contribution < 1.29 is 18.3 Å². The van der Waals surface area contributed by atoms with Gasteiger partial charge in [-0.3, -0.25) is 0 Å². The number of halogens is 2. The predicted octanol–water partition coefficient (Wildman–Crippen LogP) is 1.31. The fraction of sp³-hybridized carbons (Fsp3) is 1.00. The molecule has 0 bridgehead atoms. The Hall–Kier alpha value is -0.260. The van der Waals surface area contributed by atoms with Gasteiger partial charge in [0.05, 0.1) is 6.61 Å². The molecule has 1 heterocycles. The van der Waals surface area contributed by atoms with Crippen LogP contribution in [0.1, 0.15) is 25.7 Å². The Labute approximate surface area is 87.9 Å². The highest BCUT2D eigenvalue weighted by molar-refractivity contribution is 5.27. The number of rotatable bonds is 3. The van der Waals surface area contributed by atoms with Crippen molar-refractivity contribution in [2.75, 3.05) is 20.3 Å². The molecule has 0 spiro atoms. The van der Waals surface area contributed by atoms with Gasteiger partial charge in [-0.2, -0.15) is 0 Å². The van der Waals surface area contributed by atoms with E-state index in [1.54, 1.807) is 0 Å². The Morgan fingerprint density at radius 3 is 2.47 bits per heavy atom. The SMILES string of the molecule is COCC1(C2(N)CC2(F)F)CCCCO1. The van der Waals surface area contributed by atoms with Crippen LogP contribution in [0.2, 0.25) is 0 Å². The van der Waals surface area contributed by atoms with E-state index in [1.807, 2.05) is 0 Å². The van der Waals surface area contributed by atoms with Gasteiger partial charge in [-0.25, -0.2) is 8.78 Å². The van der Waals surface area contributed by atoms with E-state index in [9.17, 15) is 8.78 Å². The highest BCUT2D eigenvalue weighted by Gasteiger charge is 2.78. The molecule has 2 unspecified atom stereocenters. The molecular formula is C10H17F2NO2. The van der Waals surface area contributed by atoms with Crippen LogP contribution in [0.5, 0.6) is 0 Å². The normalized spacial score (nSPS) is 44.0. The van der Waals surface area contributed by atoms with Crippen molar-refractivity contribution in [1.82, 2.24) is 0 Å². The maximum atomic E-state index is 13.3. The summed E-state index contributed by atoms with van der Waals surface area (Å²) in [6.07, 6.45) is 2.06. The largest absolute Gasteiger partial charge is 0.382 e.